The molecule has 2 aliphatic heterocycles. The van der Waals surface area contributed by atoms with Crippen LogP contribution in [0.1, 0.15) is 49.7 Å². The van der Waals surface area contributed by atoms with Crippen LogP contribution in [0.2, 0.25) is 0 Å². The molecule has 3 aliphatic rings. The molecule has 0 spiro atoms. The number of carbonyl (C=O) groups excluding carboxylic acids is 2. The van der Waals surface area contributed by atoms with E-state index in [4.69, 9.17) is 4.74 Å². The van der Waals surface area contributed by atoms with Crippen molar-refractivity contribution in [2.75, 3.05) is 38.2 Å². The molecule has 0 atom stereocenters. The molecule has 0 bridgehead atoms. The predicted octanol–water partition coefficient (Wildman–Crippen LogP) is 3.27. The first-order chi connectivity index (χ1) is 14.6. The van der Waals surface area contributed by atoms with Crippen LogP contribution in [0.25, 0.3) is 0 Å². The molecule has 2 fully saturated rings. The topological polar surface area (TPSA) is 61.9 Å². The molecule has 0 aromatic heterocycles. The maximum absolute atomic E-state index is 14.9. The summed E-state index contributed by atoms with van der Waals surface area (Å²) in [6, 6.07) is 3.66. The number of methoxy groups -OCH3 is 1. The van der Waals surface area contributed by atoms with Crippen molar-refractivity contribution in [1.82, 2.24) is 10.2 Å². The van der Waals surface area contributed by atoms with Crippen molar-refractivity contribution in [3.63, 3.8) is 0 Å². The van der Waals surface area contributed by atoms with Gasteiger partial charge < -0.3 is 15.0 Å². The van der Waals surface area contributed by atoms with Gasteiger partial charge in [-0.1, -0.05) is 0 Å². The van der Waals surface area contributed by atoms with Crippen LogP contribution in [0, 0.1) is 11.7 Å². The SMILES string of the molecule is COC(=O)CCC1CCC(N2CCN(c3cc4c(cc3F)CCNCC4)C2=O)CC1. The van der Waals surface area contributed by atoms with Gasteiger partial charge in [0.15, 0.2) is 0 Å². The van der Waals surface area contributed by atoms with Gasteiger partial charge in [-0.05, 0) is 87.2 Å². The Morgan fingerprint density at radius 3 is 2.53 bits per heavy atom. The van der Waals surface area contributed by atoms with Crippen LogP contribution in [-0.2, 0) is 22.4 Å². The third-order valence-corrected chi connectivity index (χ3v) is 6.98. The Balaban J connectivity index is 1.38. The van der Waals surface area contributed by atoms with Gasteiger partial charge in [0, 0.05) is 25.6 Å². The van der Waals surface area contributed by atoms with Crippen LogP contribution in [0.3, 0.4) is 0 Å². The summed E-state index contributed by atoms with van der Waals surface area (Å²) in [5.41, 5.74) is 2.62. The summed E-state index contributed by atoms with van der Waals surface area (Å²) < 4.78 is 19.6. The number of carbonyl (C=O) groups is 2. The summed E-state index contributed by atoms with van der Waals surface area (Å²) >= 11 is 0. The molecular formula is C23H32FN3O3. The number of nitrogens with zero attached hydrogens (tertiary/aromatic N) is 2. The summed E-state index contributed by atoms with van der Waals surface area (Å²) in [5.74, 6) is 0.0724. The number of rotatable bonds is 5. The average Bonchev–Trinajstić information content (AvgIpc) is 2.99. The summed E-state index contributed by atoms with van der Waals surface area (Å²) in [7, 11) is 1.42. The van der Waals surface area contributed by atoms with Crippen molar-refractivity contribution in [2.24, 2.45) is 5.92 Å². The molecule has 1 aromatic rings. The highest BCUT2D eigenvalue weighted by Crippen LogP contribution is 2.34. The lowest BCUT2D eigenvalue weighted by molar-refractivity contribution is -0.141. The Bertz CT molecular complexity index is 792. The number of halogens is 1. The molecule has 6 nitrogen and oxygen atoms in total. The minimum atomic E-state index is -0.294. The summed E-state index contributed by atoms with van der Waals surface area (Å²) in [6.07, 6.45) is 6.95. The highest BCUT2D eigenvalue weighted by atomic mass is 19.1. The second kappa shape index (κ2) is 9.33. The first kappa shape index (κ1) is 21.1. The number of nitrogens with one attached hydrogen (secondary N) is 1. The number of hydrogen-bond donors (Lipinski definition) is 1. The molecular weight excluding hydrogens is 385 g/mol. The summed E-state index contributed by atoms with van der Waals surface area (Å²) in [5, 5.41) is 3.35. The zero-order chi connectivity index (χ0) is 21.1. The first-order valence-electron chi connectivity index (χ1n) is 11.2. The molecule has 1 N–H and O–H groups in total. The van der Waals surface area contributed by atoms with E-state index in [9.17, 15) is 14.0 Å². The van der Waals surface area contributed by atoms with E-state index in [-0.39, 0.29) is 23.9 Å². The van der Waals surface area contributed by atoms with Gasteiger partial charge in [0.2, 0.25) is 0 Å². The molecule has 4 rings (SSSR count). The third kappa shape index (κ3) is 4.46. The molecule has 1 saturated heterocycles. The molecule has 0 radical (unpaired) electrons. The number of anilines is 1. The van der Waals surface area contributed by atoms with E-state index in [0.29, 0.717) is 31.1 Å². The fourth-order valence-corrected chi connectivity index (χ4v) is 5.18. The van der Waals surface area contributed by atoms with Crippen LogP contribution in [0.15, 0.2) is 12.1 Å². The second-order valence-electron chi connectivity index (χ2n) is 8.74. The lowest BCUT2D eigenvalue weighted by Gasteiger charge is -2.34. The van der Waals surface area contributed by atoms with Crippen LogP contribution in [-0.4, -0.2) is 56.2 Å². The zero-order valence-corrected chi connectivity index (χ0v) is 17.8. The van der Waals surface area contributed by atoms with Gasteiger partial charge >= 0.3 is 12.0 Å². The largest absolute Gasteiger partial charge is 0.469 e. The van der Waals surface area contributed by atoms with Crippen LogP contribution >= 0.6 is 0 Å². The molecule has 2 amide bonds. The Morgan fingerprint density at radius 1 is 1.13 bits per heavy atom. The van der Waals surface area contributed by atoms with E-state index >= 15 is 0 Å². The molecule has 2 heterocycles. The second-order valence-corrected chi connectivity index (χ2v) is 8.74. The third-order valence-electron chi connectivity index (χ3n) is 6.98. The monoisotopic (exact) mass is 417 g/mol. The highest BCUT2D eigenvalue weighted by Gasteiger charge is 2.37. The molecule has 1 saturated carbocycles. The van der Waals surface area contributed by atoms with E-state index in [0.717, 1.165) is 69.2 Å². The number of urea groups is 1. The Labute approximate surface area is 177 Å². The maximum atomic E-state index is 14.9. The number of esters is 1. The van der Waals surface area contributed by atoms with Crippen molar-refractivity contribution in [3.05, 3.63) is 29.1 Å². The first-order valence-corrected chi connectivity index (χ1v) is 11.2. The standard InChI is InChI=1S/C23H32FN3O3/c1-30-22(28)7-4-16-2-5-19(6-3-16)26-12-13-27(23(26)29)21-15-18-9-11-25-10-8-17(18)14-20(21)24/h14-16,19,25H,2-13H2,1H3. The van der Waals surface area contributed by atoms with Gasteiger partial charge in [0.1, 0.15) is 5.82 Å². The van der Waals surface area contributed by atoms with Crippen LogP contribution in [0.4, 0.5) is 14.9 Å². The van der Waals surface area contributed by atoms with E-state index in [2.05, 4.69) is 5.32 Å². The molecule has 30 heavy (non-hydrogen) atoms. The van der Waals surface area contributed by atoms with Crippen molar-refractivity contribution in [1.29, 1.82) is 0 Å². The number of fused-ring (bicyclic) bond motifs is 1. The normalized spacial score (nSPS) is 24.5. The maximum Gasteiger partial charge on any atom is 0.324 e. The predicted molar refractivity (Wildman–Crippen MR) is 113 cm³/mol. The Morgan fingerprint density at radius 2 is 1.83 bits per heavy atom. The fourth-order valence-electron chi connectivity index (χ4n) is 5.18. The number of amides is 2. The molecule has 1 aliphatic carbocycles. The lowest BCUT2D eigenvalue weighted by Crippen LogP contribution is -2.41. The van der Waals surface area contributed by atoms with Gasteiger partial charge in [-0.25, -0.2) is 9.18 Å². The van der Waals surface area contributed by atoms with E-state index in [1.807, 2.05) is 11.0 Å². The minimum absolute atomic E-state index is 0.0707. The quantitative estimate of drug-likeness (QED) is 0.747. The van der Waals surface area contributed by atoms with Gasteiger partial charge in [0.25, 0.3) is 0 Å². The molecule has 1 aromatic carbocycles. The summed E-state index contributed by atoms with van der Waals surface area (Å²) in [6.45, 7) is 2.94. The Hall–Kier alpha value is -2.15. The summed E-state index contributed by atoms with van der Waals surface area (Å²) in [4.78, 5) is 28.1. The minimum Gasteiger partial charge on any atom is -0.469 e. The number of ether oxygens (including phenoxy) is 1. The number of hydrogen-bond acceptors (Lipinski definition) is 4. The van der Waals surface area contributed by atoms with Crippen LogP contribution in [0.5, 0.6) is 0 Å². The van der Waals surface area contributed by atoms with Gasteiger partial charge in [-0.2, -0.15) is 0 Å². The molecule has 0 unspecified atom stereocenters. The molecule has 7 heteroatoms. The zero-order valence-electron chi connectivity index (χ0n) is 17.8. The van der Waals surface area contributed by atoms with Crippen LogP contribution < -0.4 is 10.2 Å². The van der Waals surface area contributed by atoms with Gasteiger partial charge in [0.05, 0.1) is 12.8 Å². The highest BCUT2D eigenvalue weighted by molar-refractivity contribution is 5.94. The fraction of sp³-hybridized carbons (Fsp3) is 0.652. The van der Waals surface area contributed by atoms with Crippen molar-refractivity contribution in [2.45, 2.75) is 57.4 Å². The van der Waals surface area contributed by atoms with Crippen molar-refractivity contribution >= 4 is 17.7 Å². The van der Waals surface area contributed by atoms with Gasteiger partial charge in [-0.3, -0.25) is 9.69 Å². The Kier molecular flexibility index (Phi) is 6.56. The van der Waals surface area contributed by atoms with Gasteiger partial charge in [-0.15, -0.1) is 0 Å². The average molecular weight is 418 g/mol. The lowest BCUT2D eigenvalue weighted by atomic mass is 9.83. The number of benzene rings is 1. The molecule has 164 valence electrons. The van der Waals surface area contributed by atoms with E-state index in [1.165, 1.54) is 7.11 Å². The van der Waals surface area contributed by atoms with Crippen molar-refractivity contribution < 1.29 is 18.7 Å². The van der Waals surface area contributed by atoms with E-state index < -0.39 is 0 Å². The smallest absolute Gasteiger partial charge is 0.324 e. The van der Waals surface area contributed by atoms with Crippen molar-refractivity contribution in [3.8, 4) is 0 Å². The van der Waals surface area contributed by atoms with E-state index in [1.54, 1.807) is 11.0 Å².